The normalized spacial score (nSPS) is 22.7. The van der Waals surface area contributed by atoms with Gasteiger partial charge >= 0.3 is 0 Å². The number of fused-ring (bicyclic) bond motifs is 5. The van der Waals surface area contributed by atoms with Crippen molar-refractivity contribution in [2.24, 2.45) is 23.7 Å². The van der Waals surface area contributed by atoms with Gasteiger partial charge in [-0.15, -0.1) is 0 Å². The highest BCUT2D eigenvalue weighted by Crippen LogP contribution is 2.70. The van der Waals surface area contributed by atoms with E-state index in [1.54, 1.807) is 11.1 Å². The molecule has 0 amide bonds. The number of hydrogen-bond acceptors (Lipinski definition) is 3. The lowest BCUT2D eigenvalue weighted by atomic mass is 9.43. The van der Waals surface area contributed by atoms with Crippen LogP contribution in [-0.2, 0) is 5.41 Å². The third-order valence-corrected chi connectivity index (χ3v) is 13.9. The molecule has 0 unspecified atom stereocenters. The van der Waals surface area contributed by atoms with Crippen molar-refractivity contribution in [3.05, 3.63) is 175 Å². The third-order valence-electron chi connectivity index (χ3n) is 13.9. The van der Waals surface area contributed by atoms with E-state index < -0.39 is 0 Å². The molecule has 0 saturated heterocycles. The summed E-state index contributed by atoms with van der Waals surface area (Å²) in [5.74, 6) is 5.24. The molecule has 13 rings (SSSR count). The molecule has 5 aliphatic carbocycles. The minimum atomic E-state index is 0.0881. The fourth-order valence-corrected chi connectivity index (χ4v) is 11.9. The summed E-state index contributed by atoms with van der Waals surface area (Å²) >= 11 is 0. The maximum Gasteiger partial charge on any atom is 0.164 e. The van der Waals surface area contributed by atoms with E-state index in [-0.39, 0.29) is 5.41 Å². The van der Waals surface area contributed by atoms with E-state index in [4.69, 9.17) is 15.0 Å². The van der Waals surface area contributed by atoms with Crippen LogP contribution in [0.1, 0.15) is 43.2 Å². The molecule has 1 aromatic heterocycles. The lowest BCUT2D eigenvalue weighted by Gasteiger charge is -2.61. The molecular formula is C53H41N3. The highest BCUT2D eigenvalue weighted by molar-refractivity contribution is 5.98. The Balaban J connectivity index is 0.994. The van der Waals surface area contributed by atoms with Crippen LogP contribution in [0.2, 0.25) is 0 Å². The zero-order valence-corrected chi connectivity index (χ0v) is 31.3. The first-order valence-corrected chi connectivity index (χ1v) is 20.4. The SMILES string of the molecule is c1ccc(-c2nc(-c3ccccc3)nc(-c3ccccc3-c3cccc(-c4ccc5c(c4)C4(c6c-5ccc5ccccc65)C5CC6CC(C5)CC4C6)c3)n2)cc1. The van der Waals surface area contributed by atoms with Gasteiger partial charge in [-0.1, -0.05) is 152 Å². The monoisotopic (exact) mass is 719 g/mol. The van der Waals surface area contributed by atoms with Crippen LogP contribution in [0.15, 0.2) is 164 Å². The number of benzene rings is 7. The minimum absolute atomic E-state index is 0.0881. The molecule has 1 spiro atoms. The summed E-state index contributed by atoms with van der Waals surface area (Å²) in [6, 6.07) is 59.5. The largest absolute Gasteiger partial charge is 0.208 e. The van der Waals surface area contributed by atoms with Crippen LogP contribution in [-0.4, -0.2) is 15.0 Å². The molecule has 0 N–H and O–H groups in total. The summed E-state index contributed by atoms with van der Waals surface area (Å²) < 4.78 is 0. The van der Waals surface area contributed by atoms with Gasteiger partial charge in [0.15, 0.2) is 17.5 Å². The maximum atomic E-state index is 5.11. The van der Waals surface area contributed by atoms with Gasteiger partial charge in [-0.3, -0.25) is 0 Å². The van der Waals surface area contributed by atoms with Crippen LogP contribution in [0.25, 0.3) is 78.3 Å². The summed E-state index contributed by atoms with van der Waals surface area (Å²) in [7, 11) is 0. The van der Waals surface area contributed by atoms with Crippen LogP contribution in [0.5, 0.6) is 0 Å². The van der Waals surface area contributed by atoms with E-state index in [0.717, 1.165) is 39.7 Å². The van der Waals surface area contributed by atoms with Crippen LogP contribution < -0.4 is 0 Å². The summed E-state index contributed by atoms with van der Waals surface area (Å²) in [4.78, 5) is 15.2. The molecule has 0 radical (unpaired) electrons. The molecule has 3 heteroatoms. The second kappa shape index (κ2) is 12.4. The molecule has 7 aromatic carbocycles. The Hall–Kier alpha value is -6.19. The Morgan fingerprint density at radius 1 is 0.375 bits per heavy atom. The van der Waals surface area contributed by atoms with Crippen molar-refractivity contribution in [1.82, 2.24) is 15.0 Å². The van der Waals surface area contributed by atoms with Gasteiger partial charge in [-0.25, -0.2) is 15.0 Å². The predicted molar refractivity (Wildman–Crippen MR) is 228 cm³/mol. The smallest absolute Gasteiger partial charge is 0.164 e. The first-order chi connectivity index (χ1) is 27.7. The lowest BCUT2D eigenvalue weighted by Crippen LogP contribution is -2.55. The van der Waals surface area contributed by atoms with E-state index in [9.17, 15) is 0 Å². The molecule has 5 aliphatic rings. The molecule has 56 heavy (non-hydrogen) atoms. The summed E-state index contributed by atoms with van der Waals surface area (Å²) in [5.41, 5.74) is 14.0. The van der Waals surface area contributed by atoms with Gasteiger partial charge in [0.25, 0.3) is 0 Å². The quantitative estimate of drug-likeness (QED) is 0.178. The fourth-order valence-electron chi connectivity index (χ4n) is 11.9. The second-order valence-electron chi connectivity index (χ2n) is 16.8. The highest BCUT2D eigenvalue weighted by Gasteiger charge is 2.62. The Morgan fingerprint density at radius 3 is 1.64 bits per heavy atom. The van der Waals surface area contributed by atoms with Crippen molar-refractivity contribution in [2.45, 2.75) is 37.5 Å². The first kappa shape index (κ1) is 32.1. The van der Waals surface area contributed by atoms with Crippen molar-refractivity contribution < 1.29 is 0 Å². The number of aromatic nitrogens is 3. The average Bonchev–Trinajstić information content (AvgIpc) is 3.56. The molecule has 0 atom stereocenters. The molecule has 4 saturated carbocycles. The van der Waals surface area contributed by atoms with Crippen molar-refractivity contribution in [2.75, 3.05) is 0 Å². The van der Waals surface area contributed by atoms with Crippen LogP contribution in [0.3, 0.4) is 0 Å². The van der Waals surface area contributed by atoms with Gasteiger partial charge in [0.1, 0.15) is 0 Å². The lowest BCUT2D eigenvalue weighted by molar-refractivity contribution is -0.0393. The van der Waals surface area contributed by atoms with E-state index >= 15 is 0 Å². The highest BCUT2D eigenvalue weighted by atomic mass is 15.0. The number of hydrogen-bond donors (Lipinski definition) is 0. The Bertz CT molecular complexity index is 2740. The molecule has 3 nitrogen and oxygen atoms in total. The predicted octanol–water partition coefficient (Wildman–Crippen LogP) is 13.1. The van der Waals surface area contributed by atoms with Crippen molar-refractivity contribution in [3.63, 3.8) is 0 Å². The summed E-state index contributed by atoms with van der Waals surface area (Å²) in [6.07, 6.45) is 6.96. The van der Waals surface area contributed by atoms with Crippen molar-refractivity contribution in [3.8, 4) is 67.5 Å². The summed E-state index contributed by atoms with van der Waals surface area (Å²) in [6.45, 7) is 0. The molecule has 4 bridgehead atoms. The topological polar surface area (TPSA) is 38.7 Å². The number of nitrogens with zero attached hydrogens (tertiary/aromatic N) is 3. The Labute approximate surface area is 328 Å². The molecule has 268 valence electrons. The van der Waals surface area contributed by atoms with Crippen molar-refractivity contribution in [1.29, 1.82) is 0 Å². The average molecular weight is 720 g/mol. The van der Waals surface area contributed by atoms with E-state index in [1.807, 2.05) is 36.4 Å². The zero-order chi connectivity index (χ0) is 36.8. The van der Waals surface area contributed by atoms with Gasteiger partial charge in [0.2, 0.25) is 0 Å². The molecule has 0 aliphatic heterocycles. The van der Waals surface area contributed by atoms with Crippen LogP contribution in [0.4, 0.5) is 0 Å². The zero-order valence-electron chi connectivity index (χ0n) is 31.3. The Kier molecular flexibility index (Phi) is 7.11. The van der Waals surface area contributed by atoms with Gasteiger partial charge in [0.05, 0.1) is 0 Å². The third kappa shape index (κ3) is 4.79. The van der Waals surface area contributed by atoms with Gasteiger partial charge < -0.3 is 0 Å². The summed E-state index contributed by atoms with van der Waals surface area (Å²) in [5, 5.41) is 2.85. The molecule has 4 fully saturated rings. The minimum Gasteiger partial charge on any atom is -0.208 e. The maximum absolute atomic E-state index is 5.11. The van der Waals surface area contributed by atoms with Crippen LogP contribution >= 0.6 is 0 Å². The van der Waals surface area contributed by atoms with E-state index in [1.165, 1.54) is 65.1 Å². The standard InChI is InChI=1S/C53H41N3/c1-3-13-36(14-4-1)50-54-51(37-15-5-2-6-16-37)56-52(55-50)47-21-10-9-19-43(47)40-18-11-17-38(31-40)39-23-24-45-46-25-22-35-12-7-8-20-44(35)49(46)53(48(45)32-39)41-27-33-26-34(29-41)30-42(53)28-33/h1-25,31-34,41-42H,26-30H2. The van der Waals surface area contributed by atoms with E-state index in [0.29, 0.717) is 29.3 Å². The van der Waals surface area contributed by atoms with Gasteiger partial charge in [-0.05, 0) is 123 Å². The fraction of sp³-hybridized carbons (Fsp3) is 0.189. The van der Waals surface area contributed by atoms with Gasteiger partial charge in [0, 0.05) is 22.1 Å². The van der Waals surface area contributed by atoms with E-state index in [2.05, 4.69) is 127 Å². The molecule has 1 heterocycles. The number of rotatable bonds is 5. The van der Waals surface area contributed by atoms with Crippen molar-refractivity contribution >= 4 is 10.8 Å². The molecule has 8 aromatic rings. The Morgan fingerprint density at radius 2 is 0.929 bits per heavy atom. The van der Waals surface area contributed by atoms with Crippen LogP contribution in [0, 0.1) is 23.7 Å². The molecular weight excluding hydrogens is 679 g/mol. The first-order valence-electron chi connectivity index (χ1n) is 20.4. The second-order valence-corrected chi connectivity index (χ2v) is 16.8. The van der Waals surface area contributed by atoms with Gasteiger partial charge in [-0.2, -0.15) is 0 Å².